The van der Waals surface area contributed by atoms with Crippen LogP contribution in [0.15, 0.2) is 36.4 Å². The lowest BCUT2D eigenvalue weighted by atomic mass is 9.97. The fraction of sp³-hybridized carbons (Fsp3) is 0.409. The van der Waals surface area contributed by atoms with Gasteiger partial charge in [0, 0.05) is 19.6 Å². The molecule has 0 spiro atoms. The molecule has 5 heteroatoms. The standard InChI is InChI=1S/C22H27FN2O2/c1-15-3-6-21(27-10-8-24)19(11-15)22(26)25-9-7-18(14-25)13-17-4-5-20(23)16(2)12-17/h3-6,11-12,18H,7-10,13-14,24H2,1-2H3. The van der Waals surface area contributed by atoms with Gasteiger partial charge in [-0.1, -0.05) is 23.8 Å². The molecule has 1 saturated heterocycles. The largest absolute Gasteiger partial charge is 0.491 e. The number of carbonyl (C=O) groups is 1. The Kier molecular flexibility index (Phi) is 6.11. The van der Waals surface area contributed by atoms with E-state index in [1.54, 1.807) is 6.92 Å². The van der Waals surface area contributed by atoms with E-state index in [-0.39, 0.29) is 11.7 Å². The maximum Gasteiger partial charge on any atom is 0.257 e. The highest BCUT2D eigenvalue weighted by molar-refractivity contribution is 5.97. The molecule has 0 aromatic heterocycles. The van der Waals surface area contributed by atoms with Crippen LogP contribution in [0.2, 0.25) is 0 Å². The summed E-state index contributed by atoms with van der Waals surface area (Å²) < 4.78 is 19.1. The van der Waals surface area contributed by atoms with Gasteiger partial charge in [-0.3, -0.25) is 4.79 Å². The number of halogens is 1. The number of ether oxygens (including phenoxy) is 1. The van der Waals surface area contributed by atoms with Crippen LogP contribution in [0.3, 0.4) is 0 Å². The van der Waals surface area contributed by atoms with E-state index in [2.05, 4.69) is 0 Å². The number of hydrogen-bond donors (Lipinski definition) is 1. The van der Waals surface area contributed by atoms with E-state index in [0.29, 0.717) is 42.5 Å². The monoisotopic (exact) mass is 370 g/mol. The third-order valence-electron chi connectivity index (χ3n) is 5.06. The molecule has 1 unspecified atom stereocenters. The second-order valence-electron chi connectivity index (χ2n) is 7.33. The smallest absolute Gasteiger partial charge is 0.257 e. The van der Waals surface area contributed by atoms with Gasteiger partial charge >= 0.3 is 0 Å². The lowest BCUT2D eigenvalue weighted by Gasteiger charge is -2.19. The van der Waals surface area contributed by atoms with Crippen LogP contribution < -0.4 is 10.5 Å². The van der Waals surface area contributed by atoms with Gasteiger partial charge in [0.1, 0.15) is 18.2 Å². The minimum absolute atomic E-state index is 0.00325. The molecule has 0 radical (unpaired) electrons. The molecule has 1 amide bonds. The quantitative estimate of drug-likeness (QED) is 0.847. The number of nitrogens with two attached hydrogens (primary N) is 1. The molecule has 1 aliphatic heterocycles. The molecular formula is C22H27FN2O2. The SMILES string of the molecule is Cc1ccc(OCCN)c(C(=O)N2CCC(Cc3ccc(F)c(C)c3)C2)c1. The third kappa shape index (κ3) is 4.66. The van der Waals surface area contributed by atoms with Gasteiger partial charge in [0.05, 0.1) is 5.56 Å². The molecular weight excluding hydrogens is 343 g/mol. The molecule has 2 aromatic carbocycles. The van der Waals surface area contributed by atoms with E-state index in [1.165, 1.54) is 6.07 Å². The first-order valence-corrected chi connectivity index (χ1v) is 9.45. The van der Waals surface area contributed by atoms with Crippen molar-refractivity contribution in [2.45, 2.75) is 26.7 Å². The van der Waals surface area contributed by atoms with Crippen LogP contribution in [0, 0.1) is 25.6 Å². The van der Waals surface area contributed by atoms with Crippen LogP contribution >= 0.6 is 0 Å². The van der Waals surface area contributed by atoms with E-state index >= 15 is 0 Å². The Hall–Kier alpha value is -2.40. The van der Waals surface area contributed by atoms with Crippen molar-refractivity contribution >= 4 is 5.91 Å². The number of likely N-dealkylation sites (tertiary alicyclic amines) is 1. The summed E-state index contributed by atoms with van der Waals surface area (Å²) in [7, 11) is 0. The maximum absolute atomic E-state index is 13.5. The zero-order valence-corrected chi connectivity index (χ0v) is 16.0. The van der Waals surface area contributed by atoms with Crippen LogP contribution in [0.5, 0.6) is 5.75 Å². The van der Waals surface area contributed by atoms with Crippen LogP contribution in [-0.2, 0) is 6.42 Å². The number of carbonyl (C=O) groups excluding carboxylic acids is 1. The fourth-order valence-electron chi connectivity index (χ4n) is 3.63. The van der Waals surface area contributed by atoms with Crippen LogP contribution in [0.4, 0.5) is 4.39 Å². The molecule has 0 bridgehead atoms. The summed E-state index contributed by atoms with van der Waals surface area (Å²) in [5.41, 5.74) is 8.93. The number of benzene rings is 2. The average molecular weight is 370 g/mol. The molecule has 4 nitrogen and oxygen atoms in total. The Morgan fingerprint density at radius 3 is 2.81 bits per heavy atom. The number of amides is 1. The van der Waals surface area contributed by atoms with Gasteiger partial charge in [0.15, 0.2) is 0 Å². The Balaban J connectivity index is 1.68. The van der Waals surface area contributed by atoms with E-state index in [1.807, 2.05) is 42.2 Å². The summed E-state index contributed by atoms with van der Waals surface area (Å²) in [4.78, 5) is 14.9. The van der Waals surface area contributed by atoms with Gasteiger partial charge in [-0.05, 0) is 61.9 Å². The first-order valence-electron chi connectivity index (χ1n) is 9.45. The molecule has 3 rings (SSSR count). The first kappa shape index (κ1) is 19.4. The Morgan fingerprint density at radius 1 is 1.26 bits per heavy atom. The molecule has 1 aliphatic rings. The minimum Gasteiger partial charge on any atom is -0.491 e. The Morgan fingerprint density at radius 2 is 2.07 bits per heavy atom. The predicted molar refractivity (Wildman–Crippen MR) is 105 cm³/mol. The van der Waals surface area contributed by atoms with Crippen molar-refractivity contribution in [3.63, 3.8) is 0 Å². The lowest BCUT2D eigenvalue weighted by molar-refractivity contribution is 0.0782. The van der Waals surface area contributed by atoms with Gasteiger partial charge in [0.2, 0.25) is 0 Å². The van der Waals surface area contributed by atoms with E-state index in [0.717, 1.165) is 30.5 Å². The van der Waals surface area contributed by atoms with Gasteiger partial charge in [-0.15, -0.1) is 0 Å². The number of nitrogens with zero attached hydrogens (tertiary/aromatic N) is 1. The summed E-state index contributed by atoms with van der Waals surface area (Å²) in [5, 5.41) is 0. The highest BCUT2D eigenvalue weighted by Crippen LogP contribution is 2.27. The second kappa shape index (κ2) is 8.53. The molecule has 0 saturated carbocycles. The van der Waals surface area contributed by atoms with E-state index < -0.39 is 0 Å². The van der Waals surface area contributed by atoms with Gasteiger partial charge in [-0.2, -0.15) is 0 Å². The normalized spacial score (nSPS) is 16.6. The lowest BCUT2D eigenvalue weighted by Crippen LogP contribution is -2.29. The van der Waals surface area contributed by atoms with Crippen molar-refractivity contribution in [2.75, 3.05) is 26.2 Å². The molecule has 144 valence electrons. The zero-order valence-electron chi connectivity index (χ0n) is 16.0. The molecule has 2 aromatic rings. The average Bonchev–Trinajstić information content (AvgIpc) is 3.11. The first-order chi connectivity index (χ1) is 13.0. The Labute approximate surface area is 160 Å². The van der Waals surface area contributed by atoms with Crippen LogP contribution in [0.25, 0.3) is 0 Å². The zero-order chi connectivity index (χ0) is 19.4. The molecule has 2 N–H and O–H groups in total. The fourth-order valence-corrected chi connectivity index (χ4v) is 3.63. The van der Waals surface area contributed by atoms with Crippen molar-refractivity contribution in [1.82, 2.24) is 4.90 Å². The van der Waals surface area contributed by atoms with E-state index in [4.69, 9.17) is 10.5 Å². The molecule has 27 heavy (non-hydrogen) atoms. The predicted octanol–water partition coefficient (Wildman–Crippen LogP) is 3.48. The summed E-state index contributed by atoms with van der Waals surface area (Å²) in [6.07, 6.45) is 1.81. The number of rotatable bonds is 6. The van der Waals surface area contributed by atoms with Gasteiger partial charge < -0.3 is 15.4 Å². The van der Waals surface area contributed by atoms with Crippen molar-refractivity contribution < 1.29 is 13.9 Å². The highest BCUT2D eigenvalue weighted by Gasteiger charge is 2.28. The topological polar surface area (TPSA) is 55.6 Å². The molecule has 1 fully saturated rings. The Bertz CT molecular complexity index is 822. The molecule has 1 heterocycles. The van der Waals surface area contributed by atoms with Crippen molar-refractivity contribution in [1.29, 1.82) is 0 Å². The second-order valence-corrected chi connectivity index (χ2v) is 7.33. The summed E-state index contributed by atoms with van der Waals surface area (Å²) in [5.74, 6) is 0.806. The summed E-state index contributed by atoms with van der Waals surface area (Å²) in [6, 6.07) is 10.9. The van der Waals surface area contributed by atoms with Gasteiger partial charge in [-0.25, -0.2) is 4.39 Å². The highest BCUT2D eigenvalue weighted by atomic mass is 19.1. The van der Waals surface area contributed by atoms with Crippen molar-refractivity contribution in [3.8, 4) is 5.75 Å². The molecule has 0 aliphatic carbocycles. The summed E-state index contributed by atoms with van der Waals surface area (Å²) >= 11 is 0. The number of hydrogen-bond acceptors (Lipinski definition) is 3. The number of aryl methyl sites for hydroxylation is 2. The third-order valence-corrected chi connectivity index (χ3v) is 5.06. The van der Waals surface area contributed by atoms with Crippen molar-refractivity contribution in [2.24, 2.45) is 11.7 Å². The molecule has 1 atom stereocenters. The van der Waals surface area contributed by atoms with Crippen molar-refractivity contribution in [3.05, 3.63) is 64.5 Å². The van der Waals surface area contributed by atoms with Gasteiger partial charge in [0.25, 0.3) is 5.91 Å². The van der Waals surface area contributed by atoms with E-state index in [9.17, 15) is 9.18 Å². The summed E-state index contributed by atoms with van der Waals surface area (Å²) in [6.45, 7) is 5.98. The van der Waals surface area contributed by atoms with Crippen LogP contribution in [0.1, 0.15) is 33.5 Å². The van der Waals surface area contributed by atoms with Crippen LogP contribution in [-0.4, -0.2) is 37.0 Å². The minimum atomic E-state index is -0.175. The maximum atomic E-state index is 13.5.